The number of nitrogens with zero attached hydrogens (tertiary/aromatic N) is 2. The molecule has 2 rings (SSSR count). The van der Waals surface area contributed by atoms with E-state index >= 15 is 0 Å². The maximum atomic E-state index is 13.1. The summed E-state index contributed by atoms with van der Waals surface area (Å²) in [4.78, 5) is 0. The Labute approximate surface area is 120 Å². The van der Waals surface area contributed by atoms with Crippen LogP contribution in [0, 0.1) is 19.7 Å². The molecule has 0 bridgehead atoms. The molecule has 1 atom stereocenters. The van der Waals surface area contributed by atoms with Gasteiger partial charge in [-0.15, -0.1) is 0 Å². The third-order valence-electron chi connectivity index (χ3n) is 3.31. The molecule has 0 spiro atoms. The molecule has 3 nitrogen and oxygen atoms in total. The second kappa shape index (κ2) is 5.43. The van der Waals surface area contributed by atoms with Crippen molar-refractivity contribution in [3.8, 4) is 0 Å². The zero-order valence-electron chi connectivity index (χ0n) is 11.2. The van der Waals surface area contributed by atoms with Gasteiger partial charge in [-0.3, -0.25) is 4.68 Å². The fourth-order valence-corrected chi connectivity index (χ4v) is 2.77. The molecule has 0 radical (unpaired) electrons. The van der Waals surface area contributed by atoms with E-state index in [1.165, 1.54) is 12.1 Å². The van der Waals surface area contributed by atoms with Gasteiger partial charge in [0.2, 0.25) is 0 Å². The Morgan fingerprint density at radius 1 is 1.42 bits per heavy atom. The Balaban J connectivity index is 2.28. The average molecular weight is 326 g/mol. The van der Waals surface area contributed by atoms with Gasteiger partial charge in [-0.05, 0) is 53.0 Å². The summed E-state index contributed by atoms with van der Waals surface area (Å²) in [5, 5.41) is 4.35. The van der Waals surface area contributed by atoms with Gasteiger partial charge in [0.15, 0.2) is 0 Å². The maximum Gasteiger partial charge on any atom is 0.123 e. The van der Waals surface area contributed by atoms with Crippen LogP contribution in [-0.2, 0) is 13.5 Å². The first-order valence-electron chi connectivity index (χ1n) is 6.09. The zero-order chi connectivity index (χ0) is 14.2. The van der Waals surface area contributed by atoms with E-state index in [2.05, 4.69) is 21.0 Å². The molecular weight excluding hydrogens is 309 g/mol. The van der Waals surface area contributed by atoms with Crippen LogP contribution in [0.4, 0.5) is 4.39 Å². The maximum absolute atomic E-state index is 13.1. The second-order valence-electron chi connectivity index (χ2n) is 4.78. The molecule has 1 aromatic heterocycles. The lowest BCUT2D eigenvalue weighted by molar-refractivity contribution is 0.615. The Morgan fingerprint density at radius 3 is 2.63 bits per heavy atom. The topological polar surface area (TPSA) is 43.8 Å². The van der Waals surface area contributed by atoms with Gasteiger partial charge in [-0.2, -0.15) is 5.10 Å². The highest BCUT2D eigenvalue weighted by molar-refractivity contribution is 9.10. The first kappa shape index (κ1) is 14.2. The molecular formula is C14H17BrFN3. The van der Waals surface area contributed by atoms with Crippen molar-refractivity contribution in [3.63, 3.8) is 0 Å². The molecule has 2 N–H and O–H groups in total. The SMILES string of the molecule is Cc1cc(F)ccc1C(N)Cc1c(Br)c(C)nn1C. The molecule has 0 saturated heterocycles. The summed E-state index contributed by atoms with van der Waals surface area (Å²) in [5.74, 6) is -0.231. The minimum absolute atomic E-state index is 0.174. The third kappa shape index (κ3) is 2.87. The summed E-state index contributed by atoms with van der Waals surface area (Å²) < 4.78 is 15.9. The molecule has 19 heavy (non-hydrogen) atoms. The van der Waals surface area contributed by atoms with Crippen molar-refractivity contribution in [3.05, 3.63) is 51.0 Å². The number of rotatable bonds is 3. The third-order valence-corrected chi connectivity index (χ3v) is 4.34. The van der Waals surface area contributed by atoms with E-state index in [0.717, 1.165) is 27.0 Å². The van der Waals surface area contributed by atoms with Crippen molar-refractivity contribution < 1.29 is 4.39 Å². The summed E-state index contributed by atoms with van der Waals surface area (Å²) in [6.45, 7) is 3.82. The van der Waals surface area contributed by atoms with E-state index in [1.807, 2.05) is 25.6 Å². The molecule has 5 heteroatoms. The summed E-state index contributed by atoms with van der Waals surface area (Å²) in [6, 6.07) is 4.54. The van der Waals surface area contributed by atoms with Crippen LogP contribution in [-0.4, -0.2) is 9.78 Å². The predicted octanol–water partition coefficient (Wildman–Crippen LogP) is 3.18. The molecule has 0 fully saturated rings. The van der Waals surface area contributed by atoms with E-state index < -0.39 is 0 Å². The first-order valence-corrected chi connectivity index (χ1v) is 6.89. The molecule has 102 valence electrons. The molecule has 0 aliphatic carbocycles. The number of aromatic nitrogens is 2. The van der Waals surface area contributed by atoms with Gasteiger partial charge in [-0.1, -0.05) is 6.07 Å². The van der Waals surface area contributed by atoms with E-state index in [-0.39, 0.29) is 11.9 Å². The Hall–Kier alpha value is -1.20. The standard InChI is InChI=1S/C14H17BrFN3/c1-8-6-10(16)4-5-11(8)12(17)7-13-14(15)9(2)18-19(13)3/h4-6,12H,7,17H2,1-3H3. The normalized spacial score (nSPS) is 12.7. The van der Waals surface area contributed by atoms with Crippen LogP contribution in [0.2, 0.25) is 0 Å². The van der Waals surface area contributed by atoms with E-state index in [1.54, 1.807) is 6.07 Å². The van der Waals surface area contributed by atoms with Gasteiger partial charge < -0.3 is 5.73 Å². The zero-order valence-corrected chi connectivity index (χ0v) is 12.8. The molecule has 1 unspecified atom stereocenters. The summed E-state index contributed by atoms with van der Waals surface area (Å²) >= 11 is 3.53. The number of halogens is 2. The van der Waals surface area contributed by atoms with Crippen LogP contribution in [0.1, 0.15) is 28.6 Å². The Morgan fingerprint density at radius 2 is 2.11 bits per heavy atom. The summed E-state index contributed by atoms with van der Waals surface area (Å²) in [5.41, 5.74) is 10.1. The lowest BCUT2D eigenvalue weighted by Crippen LogP contribution is -2.17. The lowest BCUT2D eigenvalue weighted by atomic mass is 9.98. The van der Waals surface area contributed by atoms with Crippen molar-refractivity contribution in [2.45, 2.75) is 26.3 Å². The van der Waals surface area contributed by atoms with Gasteiger partial charge >= 0.3 is 0 Å². The fourth-order valence-electron chi connectivity index (χ4n) is 2.28. The second-order valence-corrected chi connectivity index (χ2v) is 5.57. The van der Waals surface area contributed by atoms with Crippen molar-refractivity contribution in [1.82, 2.24) is 9.78 Å². The monoisotopic (exact) mass is 325 g/mol. The number of hydrogen-bond donors (Lipinski definition) is 1. The largest absolute Gasteiger partial charge is 0.324 e. The molecule has 1 heterocycles. The highest BCUT2D eigenvalue weighted by Gasteiger charge is 2.16. The summed E-state index contributed by atoms with van der Waals surface area (Å²) in [6.07, 6.45) is 0.657. The highest BCUT2D eigenvalue weighted by atomic mass is 79.9. The van der Waals surface area contributed by atoms with Gasteiger partial charge in [0.25, 0.3) is 0 Å². The van der Waals surface area contributed by atoms with Crippen LogP contribution in [0.25, 0.3) is 0 Å². The van der Waals surface area contributed by atoms with E-state index in [0.29, 0.717) is 6.42 Å². The fraction of sp³-hybridized carbons (Fsp3) is 0.357. The minimum atomic E-state index is -0.231. The summed E-state index contributed by atoms with van der Waals surface area (Å²) in [7, 11) is 1.90. The van der Waals surface area contributed by atoms with Crippen molar-refractivity contribution >= 4 is 15.9 Å². The lowest BCUT2D eigenvalue weighted by Gasteiger charge is -2.15. The van der Waals surface area contributed by atoms with E-state index in [4.69, 9.17) is 5.73 Å². The molecule has 0 aliphatic heterocycles. The van der Waals surface area contributed by atoms with Gasteiger partial charge in [0.1, 0.15) is 5.82 Å². The predicted molar refractivity (Wildman–Crippen MR) is 77.4 cm³/mol. The van der Waals surface area contributed by atoms with Crippen LogP contribution in [0.15, 0.2) is 22.7 Å². The van der Waals surface area contributed by atoms with Crippen molar-refractivity contribution in [2.75, 3.05) is 0 Å². The smallest absolute Gasteiger partial charge is 0.123 e. The molecule has 2 aromatic rings. The quantitative estimate of drug-likeness (QED) is 0.941. The van der Waals surface area contributed by atoms with Crippen molar-refractivity contribution in [1.29, 1.82) is 0 Å². The Kier molecular flexibility index (Phi) is 4.06. The number of nitrogens with two attached hydrogens (primary N) is 1. The number of aryl methyl sites for hydroxylation is 3. The average Bonchev–Trinajstić information content (AvgIpc) is 2.56. The first-order chi connectivity index (χ1) is 8.90. The van der Waals surface area contributed by atoms with Crippen LogP contribution in [0.3, 0.4) is 0 Å². The number of hydrogen-bond acceptors (Lipinski definition) is 2. The number of benzene rings is 1. The highest BCUT2D eigenvalue weighted by Crippen LogP contribution is 2.26. The van der Waals surface area contributed by atoms with Gasteiger partial charge in [0.05, 0.1) is 15.9 Å². The van der Waals surface area contributed by atoms with Crippen LogP contribution >= 0.6 is 15.9 Å². The van der Waals surface area contributed by atoms with Gasteiger partial charge in [-0.25, -0.2) is 4.39 Å². The van der Waals surface area contributed by atoms with Gasteiger partial charge in [0, 0.05) is 19.5 Å². The molecule has 0 amide bonds. The van der Waals surface area contributed by atoms with Crippen LogP contribution in [0.5, 0.6) is 0 Å². The van der Waals surface area contributed by atoms with E-state index in [9.17, 15) is 4.39 Å². The minimum Gasteiger partial charge on any atom is -0.324 e. The molecule has 1 aromatic carbocycles. The Bertz CT molecular complexity index is 607. The molecule has 0 saturated carbocycles. The van der Waals surface area contributed by atoms with Crippen LogP contribution < -0.4 is 5.73 Å². The molecule has 0 aliphatic rings. The van der Waals surface area contributed by atoms with Crippen molar-refractivity contribution in [2.24, 2.45) is 12.8 Å².